The Labute approximate surface area is 67.8 Å². The van der Waals surface area contributed by atoms with Crippen LogP contribution in [0.15, 0.2) is 0 Å². The lowest BCUT2D eigenvalue weighted by atomic mass is 10.3. The Balaban J connectivity index is 0. The van der Waals surface area contributed by atoms with Crippen LogP contribution in [0.1, 0.15) is 6.92 Å². The second kappa shape index (κ2) is 4.25. The molecule has 0 heterocycles. The number of hydrogen-bond acceptors (Lipinski definition) is 1. The molecule has 2 nitrogen and oxygen atoms in total. The van der Waals surface area contributed by atoms with Crippen molar-refractivity contribution in [3.8, 4) is 0 Å². The van der Waals surface area contributed by atoms with E-state index in [1.165, 1.54) is 0 Å². The number of quaternary nitrogens is 1. The van der Waals surface area contributed by atoms with Crippen molar-refractivity contribution >= 4 is 0 Å². The van der Waals surface area contributed by atoms with Gasteiger partial charge in [0.15, 0.2) is 0 Å². The van der Waals surface area contributed by atoms with Crippen LogP contribution in [0.5, 0.6) is 0 Å². The van der Waals surface area contributed by atoms with Crippen LogP contribution in [0, 0.1) is 0 Å². The molecule has 0 radical (unpaired) electrons. The molecule has 0 aromatic heterocycles. The molecule has 0 aromatic carbocycles. The average molecular weight is 198 g/mol. The fourth-order valence-electron chi connectivity index (χ4n) is 0.793. The SMILES string of the molecule is CC(O)C[N+](C)(C)C.[Br-]. The molecule has 3 heteroatoms. The second-order valence-electron chi connectivity index (χ2n) is 3.32. The molecule has 1 atom stereocenters. The molecule has 0 amide bonds. The molecule has 58 valence electrons. The Morgan fingerprint density at radius 2 is 1.67 bits per heavy atom. The molecule has 1 N–H and O–H groups in total. The summed E-state index contributed by atoms with van der Waals surface area (Å²) in [6, 6.07) is 0. The summed E-state index contributed by atoms with van der Waals surface area (Å²) in [6.45, 7) is 2.63. The van der Waals surface area contributed by atoms with Gasteiger partial charge in [-0.1, -0.05) is 0 Å². The molecule has 0 aromatic rings. The minimum absolute atomic E-state index is 0. The predicted octanol–water partition coefficient (Wildman–Crippen LogP) is -2.92. The maximum absolute atomic E-state index is 8.87. The third-order valence-corrected chi connectivity index (χ3v) is 0.812. The number of nitrogens with zero attached hydrogens (tertiary/aromatic N) is 1. The quantitative estimate of drug-likeness (QED) is 0.471. The summed E-state index contributed by atoms with van der Waals surface area (Å²) in [5.74, 6) is 0. The first-order chi connectivity index (χ1) is 3.42. The maximum atomic E-state index is 8.87. The zero-order valence-electron chi connectivity index (χ0n) is 6.56. The first-order valence-electron chi connectivity index (χ1n) is 2.90. The average Bonchev–Trinajstić information content (AvgIpc) is 1.21. The zero-order chi connectivity index (χ0) is 6.78. The lowest BCUT2D eigenvalue weighted by Gasteiger charge is -2.24. The molecule has 0 saturated heterocycles. The van der Waals surface area contributed by atoms with Crippen molar-refractivity contribution in [2.45, 2.75) is 13.0 Å². The highest BCUT2D eigenvalue weighted by Gasteiger charge is 2.09. The van der Waals surface area contributed by atoms with Gasteiger partial charge in [0.05, 0.1) is 21.1 Å². The van der Waals surface area contributed by atoms with E-state index in [0.717, 1.165) is 11.0 Å². The molecule has 0 aliphatic heterocycles. The summed E-state index contributed by atoms with van der Waals surface area (Å²) >= 11 is 0. The summed E-state index contributed by atoms with van der Waals surface area (Å²) in [6.07, 6.45) is -0.185. The van der Waals surface area contributed by atoms with Crippen LogP contribution in [0.2, 0.25) is 0 Å². The van der Waals surface area contributed by atoms with Gasteiger partial charge in [0, 0.05) is 0 Å². The van der Waals surface area contributed by atoms with Crippen molar-refractivity contribution in [2.24, 2.45) is 0 Å². The number of rotatable bonds is 2. The Hall–Kier alpha value is 0.400. The smallest absolute Gasteiger partial charge is 0.104 e. The third kappa shape index (κ3) is 11.8. The standard InChI is InChI=1S/C6H16NO.BrH/c1-6(8)5-7(2,3)4;/h6,8H,5H2,1-4H3;1H/q+1;/p-1. The third-order valence-electron chi connectivity index (χ3n) is 0.812. The van der Waals surface area contributed by atoms with Crippen molar-refractivity contribution in [1.82, 2.24) is 0 Å². The van der Waals surface area contributed by atoms with Gasteiger partial charge in [0.25, 0.3) is 0 Å². The van der Waals surface area contributed by atoms with E-state index in [4.69, 9.17) is 5.11 Å². The van der Waals surface area contributed by atoms with Gasteiger partial charge in [-0.05, 0) is 6.92 Å². The molecule has 0 spiro atoms. The number of aliphatic hydroxyl groups is 1. The molecule has 0 aliphatic carbocycles. The predicted molar refractivity (Wildman–Crippen MR) is 34.6 cm³/mol. The van der Waals surface area contributed by atoms with Gasteiger partial charge >= 0.3 is 0 Å². The highest BCUT2D eigenvalue weighted by atomic mass is 79.9. The van der Waals surface area contributed by atoms with Crippen LogP contribution in [-0.4, -0.2) is 43.4 Å². The maximum Gasteiger partial charge on any atom is 0.104 e. The Kier molecular flexibility index (Phi) is 5.72. The first kappa shape index (κ1) is 12.1. The molecular weight excluding hydrogens is 182 g/mol. The summed E-state index contributed by atoms with van der Waals surface area (Å²) in [5, 5.41) is 8.87. The summed E-state index contributed by atoms with van der Waals surface area (Å²) < 4.78 is 0.831. The van der Waals surface area contributed by atoms with Crippen LogP contribution in [-0.2, 0) is 0 Å². The molecule has 0 bridgehead atoms. The minimum Gasteiger partial charge on any atom is -1.00 e. The summed E-state index contributed by atoms with van der Waals surface area (Å²) in [4.78, 5) is 0. The zero-order valence-corrected chi connectivity index (χ0v) is 8.14. The van der Waals surface area contributed by atoms with Crippen LogP contribution in [0.4, 0.5) is 0 Å². The summed E-state index contributed by atoms with van der Waals surface area (Å²) in [5.41, 5.74) is 0. The van der Waals surface area contributed by atoms with Crippen molar-refractivity contribution in [1.29, 1.82) is 0 Å². The fourth-order valence-corrected chi connectivity index (χ4v) is 0.793. The highest BCUT2D eigenvalue weighted by Crippen LogP contribution is 1.92. The largest absolute Gasteiger partial charge is 1.00 e. The molecule has 0 rings (SSSR count). The molecule has 1 unspecified atom stereocenters. The Morgan fingerprint density at radius 3 is 1.67 bits per heavy atom. The normalized spacial score (nSPS) is 14.3. The Morgan fingerprint density at radius 1 is 1.33 bits per heavy atom. The number of hydrogen-bond donors (Lipinski definition) is 1. The topological polar surface area (TPSA) is 20.2 Å². The highest BCUT2D eigenvalue weighted by molar-refractivity contribution is 4.39. The number of likely N-dealkylation sites (N-methyl/N-ethyl adjacent to an activating group) is 1. The molecular formula is C6H16BrNO. The van der Waals surface area contributed by atoms with Crippen molar-refractivity contribution in [3.63, 3.8) is 0 Å². The van der Waals surface area contributed by atoms with Crippen LogP contribution in [0.3, 0.4) is 0 Å². The van der Waals surface area contributed by atoms with Gasteiger partial charge in [-0.2, -0.15) is 0 Å². The summed E-state index contributed by atoms with van der Waals surface area (Å²) in [7, 11) is 6.19. The van der Waals surface area contributed by atoms with Crippen molar-refractivity contribution < 1.29 is 26.6 Å². The monoisotopic (exact) mass is 197 g/mol. The van der Waals surface area contributed by atoms with Crippen molar-refractivity contribution in [3.05, 3.63) is 0 Å². The van der Waals surface area contributed by atoms with E-state index < -0.39 is 0 Å². The van der Waals surface area contributed by atoms with Gasteiger partial charge in [-0.3, -0.25) is 0 Å². The van der Waals surface area contributed by atoms with E-state index in [2.05, 4.69) is 21.1 Å². The number of halogens is 1. The van der Waals surface area contributed by atoms with E-state index in [0.29, 0.717) is 0 Å². The minimum atomic E-state index is -0.185. The van der Waals surface area contributed by atoms with Gasteiger partial charge in [0.1, 0.15) is 12.6 Å². The number of aliphatic hydroxyl groups excluding tert-OH is 1. The van der Waals surface area contributed by atoms with Gasteiger partial charge in [-0.25, -0.2) is 0 Å². The van der Waals surface area contributed by atoms with E-state index in [1.54, 1.807) is 0 Å². The van der Waals surface area contributed by atoms with Gasteiger partial charge < -0.3 is 26.6 Å². The van der Waals surface area contributed by atoms with Gasteiger partial charge in [0.2, 0.25) is 0 Å². The molecule has 0 fully saturated rings. The molecule has 0 saturated carbocycles. The van der Waals surface area contributed by atoms with E-state index >= 15 is 0 Å². The Bertz CT molecular complexity index is 67.9. The molecule has 9 heavy (non-hydrogen) atoms. The fraction of sp³-hybridized carbons (Fsp3) is 1.00. The van der Waals surface area contributed by atoms with E-state index in [1.807, 2.05) is 6.92 Å². The molecule has 0 aliphatic rings. The van der Waals surface area contributed by atoms with Crippen LogP contribution < -0.4 is 17.0 Å². The van der Waals surface area contributed by atoms with Crippen molar-refractivity contribution in [2.75, 3.05) is 27.7 Å². The van der Waals surface area contributed by atoms with Crippen LogP contribution >= 0.6 is 0 Å². The first-order valence-corrected chi connectivity index (χ1v) is 2.90. The van der Waals surface area contributed by atoms with E-state index in [9.17, 15) is 0 Å². The lowest BCUT2D eigenvalue weighted by Crippen LogP contribution is -3.00. The van der Waals surface area contributed by atoms with Crippen LogP contribution in [0.25, 0.3) is 0 Å². The lowest BCUT2D eigenvalue weighted by molar-refractivity contribution is -0.873. The van der Waals surface area contributed by atoms with Gasteiger partial charge in [-0.15, -0.1) is 0 Å². The van der Waals surface area contributed by atoms with E-state index in [-0.39, 0.29) is 23.1 Å². The second-order valence-corrected chi connectivity index (χ2v) is 3.32.